The lowest BCUT2D eigenvalue weighted by molar-refractivity contribution is 0.0472. The highest BCUT2D eigenvalue weighted by atomic mass is 16.5. The Bertz CT molecular complexity index is 2140. The van der Waals surface area contributed by atoms with Crippen molar-refractivity contribution in [3.63, 3.8) is 0 Å². The average Bonchev–Trinajstić information content (AvgIpc) is 3.11. The van der Waals surface area contributed by atoms with Crippen molar-refractivity contribution in [3.8, 4) is 5.75 Å². The van der Waals surface area contributed by atoms with Crippen molar-refractivity contribution in [3.05, 3.63) is 173 Å². The summed E-state index contributed by atoms with van der Waals surface area (Å²) < 4.78 is 10.9. The zero-order valence-electron chi connectivity index (χ0n) is 27.2. The van der Waals surface area contributed by atoms with Gasteiger partial charge in [0.2, 0.25) is 0 Å². The minimum atomic E-state index is -0.333. The topological polar surface area (TPSA) is 52.6 Å². The maximum Gasteiger partial charge on any atom is 0.343 e. The molecule has 0 unspecified atom stereocenters. The molecule has 7 rings (SSSR count). The Morgan fingerprint density at radius 1 is 0.468 bits per heavy atom. The third-order valence-electron chi connectivity index (χ3n) is 7.63. The molecule has 0 aromatic heterocycles. The van der Waals surface area contributed by atoms with Gasteiger partial charge in [-0.2, -0.15) is 0 Å². The van der Waals surface area contributed by atoms with Crippen LogP contribution in [0.4, 0.5) is 0 Å². The van der Waals surface area contributed by atoms with E-state index in [1.807, 2.05) is 124 Å². The summed E-state index contributed by atoms with van der Waals surface area (Å²) in [5, 5.41) is 6.70. The predicted octanol–water partition coefficient (Wildman–Crippen LogP) is 11.1. The van der Waals surface area contributed by atoms with Gasteiger partial charge in [0.25, 0.3) is 0 Å². The summed E-state index contributed by atoms with van der Waals surface area (Å²) >= 11 is 0. The number of fused-ring (bicyclic) bond motifs is 3. The standard InChI is InChI=1S/C23H18O2.C18H14O2.C2H6/c1-16-6-8-21-14-22(11-10-20(21)12-16)23(24)25-15-17-7-9-18-4-2-3-5-19(18)13-17;1-13-6-8-15(9-7-13)18(19)20-17-11-10-14-4-2-3-5-16(14)12-17;1-2/h2-14H,15H2,1H3;2-12H,1H3;1-2H3. The highest BCUT2D eigenvalue weighted by Gasteiger charge is 2.10. The molecule has 0 aliphatic heterocycles. The molecular weight excluding hydrogens is 580 g/mol. The average molecular weight is 619 g/mol. The zero-order valence-corrected chi connectivity index (χ0v) is 27.2. The van der Waals surface area contributed by atoms with Gasteiger partial charge in [0, 0.05) is 0 Å². The van der Waals surface area contributed by atoms with E-state index in [9.17, 15) is 9.59 Å². The van der Waals surface area contributed by atoms with Crippen LogP contribution < -0.4 is 4.74 Å². The number of rotatable bonds is 5. The van der Waals surface area contributed by atoms with Crippen LogP contribution in [-0.2, 0) is 11.3 Å². The fraction of sp³-hybridized carbons (Fsp3) is 0.116. The Morgan fingerprint density at radius 3 is 1.68 bits per heavy atom. The van der Waals surface area contributed by atoms with Gasteiger partial charge in [-0.05, 0) is 94.2 Å². The molecule has 0 saturated heterocycles. The maximum atomic E-state index is 12.4. The second-order valence-electron chi connectivity index (χ2n) is 11.1. The van der Waals surface area contributed by atoms with E-state index in [2.05, 4.69) is 37.3 Å². The summed E-state index contributed by atoms with van der Waals surface area (Å²) in [5.74, 6) is -0.0646. The summed E-state index contributed by atoms with van der Waals surface area (Å²) in [6, 6.07) is 47.1. The normalized spacial score (nSPS) is 10.4. The largest absolute Gasteiger partial charge is 0.457 e. The molecule has 234 valence electrons. The molecule has 47 heavy (non-hydrogen) atoms. The first kappa shape index (κ1) is 32.6. The highest BCUT2D eigenvalue weighted by molar-refractivity contribution is 5.96. The number of carbonyl (C=O) groups excluding carboxylic acids is 2. The number of carbonyl (C=O) groups is 2. The molecule has 0 amide bonds. The Labute approximate surface area is 276 Å². The van der Waals surface area contributed by atoms with Gasteiger partial charge in [-0.3, -0.25) is 0 Å². The Balaban J connectivity index is 0.000000179. The van der Waals surface area contributed by atoms with Crippen molar-refractivity contribution >= 4 is 44.3 Å². The summed E-state index contributed by atoms with van der Waals surface area (Å²) in [7, 11) is 0. The lowest BCUT2D eigenvalue weighted by Crippen LogP contribution is -2.08. The lowest BCUT2D eigenvalue weighted by Gasteiger charge is -2.07. The van der Waals surface area contributed by atoms with Crippen LogP contribution in [-0.4, -0.2) is 11.9 Å². The van der Waals surface area contributed by atoms with E-state index in [0.29, 0.717) is 16.9 Å². The number of benzene rings is 7. The van der Waals surface area contributed by atoms with E-state index >= 15 is 0 Å². The minimum absolute atomic E-state index is 0.273. The van der Waals surface area contributed by atoms with Crippen molar-refractivity contribution < 1.29 is 19.1 Å². The van der Waals surface area contributed by atoms with Crippen LogP contribution in [0.15, 0.2) is 146 Å². The second kappa shape index (κ2) is 15.5. The van der Waals surface area contributed by atoms with Gasteiger partial charge in [-0.1, -0.05) is 128 Å². The molecule has 0 aliphatic carbocycles. The molecule has 7 aromatic rings. The number of aryl methyl sites for hydroxylation is 2. The quantitative estimate of drug-likeness (QED) is 0.142. The van der Waals surface area contributed by atoms with Crippen LogP contribution in [0.1, 0.15) is 51.3 Å². The number of hydrogen-bond donors (Lipinski definition) is 0. The highest BCUT2D eigenvalue weighted by Crippen LogP contribution is 2.22. The molecule has 4 nitrogen and oxygen atoms in total. The van der Waals surface area contributed by atoms with Crippen molar-refractivity contribution in [1.82, 2.24) is 0 Å². The molecule has 0 N–H and O–H groups in total. The summed E-state index contributed by atoms with van der Waals surface area (Å²) in [6.07, 6.45) is 0. The first-order valence-electron chi connectivity index (χ1n) is 15.8. The smallest absolute Gasteiger partial charge is 0.343 e. The van der Waals surface area contributed by atoms with E-state index in [-0.39, 0.29) is 18.5 Å². The SMILES string of the molecule is CC.Cc1ccc(C(=O)Oc2ccc3ccccc3c2)cc1.Cc1ccc2cc(C(=O)OCc3ccc4ccccc4c3)ccc2c1. The Hall–Kier alpha value is -5.74. The van der Waals surface area contributed by atoms with Gasteiger partial charge in [0.1, 0.15) is 12.4 Å². The zero-order chi connectivity index (χ0) is 33.2. The summed E-state index contributed by atoms with van der Waals surface area (Å²) in [5.41, 5.74) is 4.45. The van der Waals surface area contributed by atoms with Crippen LogP contribution >= 0.6 is 0 Å². The van der Waals surface area contributed by atoms with E-state index < -0.39 is 0 Å². The lowest BCUT2D eigenvalue weighted by atomic mass is 10.0. The van der Waals surface area contributed by atoms with Crippen LogP contribution in [0.5, 0.6) is 5.75 Å². The van der Waals surface area contributed by atoms with Gasteiger partial charge in [-0.25, -0.2) is 9.59 Å². The van der Waals surface area contributed by atoms with Crippen molar-refractivity contribution in [2.45, 2.75) is 34.3 Å². The Kier molecular flexibility index (Phi) is 10.8. The Morgan fingerprint density at radius 2 is 0.979 bits per heavy atom. The molecular formula is C43H38O4. The molecule has 0 saturated carbocycles. The molecule has 0 fully saturated rings. The van der Waals surface area contributed by atoms with Gasteiger partial charge in [-0.15, -0.1) is 0 Å². The third kappa shape index (κ3) is 8.50. The molecule has 0 aliphatic rings. The van der Waals surface area contributed by atoms with Crippen molar-refractivity contribution in [2.75, 3.05) is 0 Å². The summed E-state index contributed by atoms with van der Waals surface area (Å²) in [4.78, 5) is 24.4. The van der Waals surface area contributed by atoms with E-state index in [1.54, 1.807) is 12.1 Å². The van der Waals surface area contributed by atoms with E-state index in [0.717, 1.165) is 38.1 Å². The minimum Gasteiger partial charge on any atom is -0.457 e. The molecule has 4 heteroatoms. The number of esters is 2. The fourth-order valence-corrected chi connectivity index (χ4v) is 5.14. The monoisotopic (exact) mass is 618 g/mol. The summed E-state index contributed by atoms with van der Waals surface area (Å²) in [6.45, 7) is 8.32. The second-order valence-corrected chi connectivity index (χ2v) is 11.1. The van der Waals surface area contributed by atoms with Crippen LogP contribution in [0.2, 0.25) is 0 Å². The fourth-order valence-electron chi connectivity index (χ4n) is 5.14. The van der Waals surface area contributed by atoms with Crippen molar-refractivity contribution in [1.29, 1.82) is 0 Å². The molecule has 0 radical (unpaired) electrons. The van der Waals surface area contributed by atoms with E-state index in [4.69, 9.17) is 9.47 Å². The number of ether oxygens (including phenoxy) is 2. The van der Waals surface area contributed by atoms with Crippen molar-refractivity contribution in [2.24, 2.45) is 0 Å². The van der Waals surface area contributed by atoms with Gasteiger partial charge in [0.05, 0.1) is 11.1 Å². The third-order valence-corrected chi connectivity index (χ3v) is 7.63. The predicted molar refractivity (Wildman–Crippen MR) is 193 cm³/mol. The first-order valence-corrected chi connectivity index (χ1v) is 15.8. The van der Waals surface area contributed by atoms with Gasteiger partial charge < -0.3 is 9.47 Å². The molecule has 7 aromatic carbocycles. The molecule has 0 spiro atoms. The van der Waals surface area contributed by atoms with Gasteiger partial charge in [0.15, 0.2) is 0 Å². The number of hydrogen-bond acceptors (Lipinski definition) is 4. The van der Waals surface area contributed by atoms with Crippen LogP contribution in [0.25, 0.3) is 32.3 Å². The van der Waals surface area contributed by atoms with Crippen LogP contribution in [0, 0.1) is 13.8 Å². The van der Waals surface area contributed by atoms with E-state index in [1.165, 1.54) is 10.9 Å². The molecule has 0 bridgehead atoms. The maximum absolute atomic E-state index is 12.4. The molecule has 0 atom stereocenters. The van der Waals surface area contributed by atoms with Crippen LogP contribution in [0.3, 0.4) is 0 Å². The first-order chi connectivity index (χ1) is 22.9. The molecule has 0 heterocycles. The van der Waals surface area contributed by atoms with Gasteiger partial charge >= 0.3 is 11.9 Å².